The van der Waals surface area contributed by atoms with Gasteiger partial charge < -0.3 is 0 Å². The van der Waals surface area contributed by atoms with Crippen molar-refractivity contribution < 1.29 is 0 Å². The third kappa shape index (κ3) is 6.32. The fraction of sp³-hybridized carbons (Fsp3) is 0.889. The van der Waals surface area contributed by atoms with E-state index in [9.17, 15) is 0 Å². The normalized spacial score (nSPS) is 12.5. The van der Waals surface area contributed by atoms with Crippen LogP contribution in [-0.2, 0) is 0 Å². The molecule has 0 aromatic carbocycles. The number of hydrogen-bond acceptors (Lipinski definition) is 1. The minimum Gasteiger partial charge on any atom is -0.198 e. The van der Waals surface area contributed by atoms with Gasteiger partial charge in [-0.1, -0.05) is 20.3 Å². The van der Waals surface area contributed by atoms with Crippen LogP contribution in [0, 0.1) is 11.3 Å². The molecule has 0 spiro atoms. The second-order valence-corrected chi connectivity index (χ2v) is 5.56. The van der Waals surface area contributed by atoms with Crippen LogP contribution in [0.15, 0.2) is 0 Å². The Kier molecular flexibility index (Phi) is 7.96. The summed E-state index contributed by atoms with van der Waals surface area (Å²) < 4.78 is 0. The van der Waals surface area contributed by atoms with Crippen molar-refractivity contribution in [3.8, 4) is 6.07 Å². The van der Waals surface area contributed by atoms with E-state index in [2.05, 4.69) is 19.9 Å². The highest BCUT2D eigenvalue weighted by Gasteiger charge is 2.02. The fourth-order valence-electron chi connectivity index (χ4n) is 1.02. The first-order valence-corrected chi connectivity index (χ1v) is 6.34. The van der Waals surface area contributed by atoms with Gasteiger partial charge in [0.05, 0.1) is 6.07 Å². The second kappa shape index (κ2) is 8.02. The zero-order valence-corrected chi connectivity index (χ0v) is 8.53. The molecule has 0 rings (SSSR count). The van der Waals surface area contributed by atoms with Gasteiger partial charge in [-0.3, -0.25) is 0 Å². The summed E-state index contributed by atoms with van der Waals surface area (Å²) in [5, 5.41) is 8.40. The molecule has 0 fully saturated rings. The zero-order chi connectivity index (χ0) is 8.53. The van der Waals surface area contributed by atoms with Gasteiger partial charge in [0.1, 0.15) is 0 Å². The fourth-order valence-corrected chi connectivity index (χ4v) is 3.05. The molecule has 64 valence electrons. The van der Waals surface area contributed by atoms with E-state index in [1.165, 1.54) is 31.3 Å². The quantitative estimate of drug-likeness (QED) is 0.563. The van der Waals surface area contributed by atoms with Gasteiger partial charge >= 0.3 is 0 Å². The molecule has 1 unspecified atom stereocenters. The van der Waals surface area contributed by atoms with Crippen LogP contribution in [0.25, 0.3) is 0 Å². The summed E-state index contributed by atoms with van der Waals surface area (Å²) in [4.78, 5) is 0. The van der Waals surface area contributed by atoms with E-state index in [4.69, 9.17) is 5.26 Å². The molecule has 0 heterocycles. The molecule has 0 amide bonds. The first-order chi connectivity index (χ1) is 5.35. The highest BCUT2D eigenvalue weighted by molar-refractivity contribution is 7.57. The first-order valence-electron chi connectivity index (χ1n) is 4.44. The molecule has 2 heteroatoms. The van der Waals surface area contributed by atoms with Crippen LogP contribution < -0.4 is 0 Å². The van der Waals surface area contributed by atoms with Gasteiger partial charge in [0.25, 0.3) is 0 Å². The van der Waals surface area contributed by atoms with Crippen molar-refractivity contribution in [3.05, 3.63) is 0 Å². The lowest BCUT2D eigenvalue weighted by Gasteiger charge is -2.12. The first kappa shape index (κ1) is 10.9. The van der Waals surface area contributed by atoms with Crippen molar-refractivity contribution in [3.63, 3.8) is 0 Å². The molecule has 0 bridgehead atoms. The van der Waals surface area contributed by atoms with Gasteiger partial charge in [0.15, 0.2) is 0 Å². The molecule has 0 radical (unpaired) electrons. The van der Waals surface area contributed by atoms with Gasteiger partial charge in [0.2, 0.25) is 0 Å². The number of nitriles is 1. The van der Waals surface area contributed by atoms with Crippen molar-refractivity contribution >= 4 is 7.92 Å². The molecule has 0 aromatic rings. The monoisotopic (exact) mass is 171 g/mol. The molecule has 0 aliphatic heterocycles. The van der Waals surface area contributed by atoms with Crippen LogP contribution in [-0.4, -0.2) is 18.5 Å². The van der Waals surface area contributed by atoms with Gasteiger partial charge in [-0.25, -0.2) is 0 Å². The van der Waals surface area contributed by atoms with Crippen molar-refractivity contribution in [2.45, 2.75) is 33.1 Å². The van der Waals surface area contributed by atoms with Gasteiger partial charge in [-0.05, 0) is 24.9 Å². The van der Waals surface area contributed by atoms with E-state index >= 15 is 0 Å². The second-order valence-electron chi connectivity index (χ2n) is 2.70. The number of rotatable bonds is 6. The molecule has 11 heavy (non-hydrogen) atoms. The van der Waals surface area contributed by atoms with Gasteiger partial charge in [-0.2, -0.15) is 5.26 Å². The van der Waals surface area contributed by atoms with Crippen LogP contribution in [0.1, 0.15) is 33.1 Å². The maximum absolute atomic E-state index is 8.40. The van der Waals surface area contributed by atoms with E-state index in [1.54, 1.807) is 0 Å². The van der Waals surface area contributed by atoms with Crippen LogP contribution in [0.3, 0.4) is 0 Å². The molecule has 1 nitrogen and oxygen atoms in total. The van der Waals surface area contributed by atoms with Gasteiger partial charge in [-0.15, -0.1) is 7.92 Å². The summed E-state index contributed by atoms with van der Waals surface area (Å²) in [7, 11) is 0.207. The van der Waals surface area contributed by atoms with Crippen LogP contribution >= 0.6 is 7.92 Å². The Hall–Kier alpha value is -0.0800. The number of hydrogen-bond donors (Lipinski definition) is 0. The van der Waals surface area contributed by atoms with E-state index in [-0.39, 0.29) is 7.92 Å². The van der Waals surface area contributed by atoms with Crippen LogP contribution in [0.2, 0.25) is 0 Å². The average Bonchev–Trinajstić information content (AvgIpc) is 2.05. The Balaban J connectivity index is 3.34. The van der Waals surface area contributed by atoms with E-state index in [0.29, 0.717) is 0 Å². The Morgan fingerprint density at radius 2 is 2.00 bits per heavy atom. The summed E-state index contributed by atoms with van der Waals surface area (Å²) in [5.74, 6) is 0. The van der Waals surface area contributed by atoms with Crippen molar-refractivity contribution in [1.29, 1.82) is 5.26 Å². The third-order valence-electron chi connectivity index (χ3n) is 1.81. The molecule has 0 aromatic heterocycles. The maximum atomic E-state index is 8.40. The predicted molar refractivity (Wildman–Crippen MR) is 52.3 cm³/mol. The number of nitrogens with zero attached hydrogens (tertiary/aromatic N) is 1. The Labute approximate surface area is 71.6 Å². The standard InChI is InChI=1S/C9H18NP/c1-3-5-8-11(4-2)9-6-7-10/h3-6,8-9H2,1-2H3. The summed E-state index contributed by atoms with van der Waals surface area (Å²) in [6.07, 6.45) is 7.27. The molecule has 0 aliphatic carbocycles. The Morgan fingerprint density at radius 1 is 1.27 bits per heavy atom. The lowest BCUT2D eigenvalue weighted by atomic mass is 10.4. The van der Waals surface area contributed by atoms with Crippen molar-refractivity contribution in [2.24, 2.45) is 0 Å². The van der Waals surface area contributed by atoms with Crippen molar-refractivity contribution in [2.75, 3.05) is 18.5 Å². The molecular formula is C9H18NP. The molecule has 0 aliphatic rings. The summed E-state index contributed by atoms with van der Waals surface area (Å²) in [6.45, 7) is 4.48. The smallest absolute Gasteiger partial charge is 0.0625 e. The highest BCUT2D eigenvalue weighted by atomic mass is 31.1. The SMILES string of the molecule is CCCCP(CC)CCC#N. The predicted octanol–water partition coefficient (Wildman–Crippen LogP) is 3.20. The summed E-state index contributed by atoms with van der Waals surface area (Å²) in [6, 6.07) is 2.23. The van der Waals surface area contributed by atoms with Gasteiger partial charge in [0, 0.05) is 6.42 Å². The topological polar surface area (TPSA) is 23.8 Å². The van der Waals surface area contributed by atoms with Crippen molar-refractivity contribution in [1.82, 2.24) is 0 Å². The van der Waals surface area contributed by atoms with E-state index in [0.717, 1.165) is 6.42 Å². The highest BCUT2D eigenvalue weighted by Crippen LogP contribution is 2.36. The molecule has 0 N–H and O–H groups in total. The number of unbranched alkanes of at least 4 members (excludes halogenated alkanes) is 1. The molecule has 1 atom stereocenters. The van der Waals surface area contributed by atoms with E-state index < -0.39 is 0 Å². The summed E-state index contributed by atoms with van der Waals surface area (Å²) in [5.41, 5.74) is 0. The Bertz CT molecular complexity index is 117. The lowest BCUT2D eigenvalue weighted by Crippen LogP contribution is -1.91. The molecular weight excluding hydrogens is 153 g/mol. The minimum absolute atomic E-state index is 0.207. The summed E-state index contributed by atoms with van der Waals surface area (Å²) >= 11 is 0. The molecule has 0 saturated carbocycles. The third-order valence-corrected chi connectivity index (χ3v) is 4.51. The van der Waals surface area contributed by atoms with Crippen LogP contribution in [0.4, 0.5) is 0 Å². The minimum atomic E-state index is 0.207. The maximum Gasteiger partial charge on any atom is 0.0625 e. The largest absolute Gasteiger partial charge is 0.198 e. The zero-order valence-electron chi connectivity index (χ0n) is 7.64. The average molecular weight is 171 g/mol. The molecule has 0 saturated heterocycles. The lowest BCUT2D eigenvalue weighted by molar-refractivity contribution is 0.888. The van der Waals surface area contributed by atoms with Crippen LogP contribution in [0.5, 0.6) is 0 Å². The van der Waals surface area contributed by atoms with E-state index in [1.807, 2.05) is 0 Å². The Morgan fingerprint density at radius 3 is 2.45 bits per heavy atom.